The second-order valence-corrected chi connectivity index (χ2v) is 10.4. The number of benzene rings is 2. The third kappa shape index (κ3) is 5.99. The van der Waals surface area contributed by atoms with Crippen LogP contribution in [0.4, 0.5) is 0 Å². The maximum absolute atomic E-state index is 13.2. The van der Waals surface area contributed by atoms with Crippen LogP contribution >= 0.6 is 0 Å². The van der Waals surface area contributed by atoms with E-state index in [1.165, 1.54) is 0 Å². The number of rotatable bonds is 11. The van der Waals surface area contributed by atoms with E-state index in [0.717, 1.165) is 18.4 Å². The first-order valence-corrected chi connectivity index (χ1v) is 12.8. The van der Waals surface area contributed by atoms with Gasteiger partial charge in [-0.3, -0.25) is 4.79 Å². The fourth-order valence-corrected chi connectivity index (χ4v) is 5.39. The van der Waals surface area contributed by atoms with E-state index in [4.69, 9.17) is 0 Å². The number of carbonyl (C=O) groups excluding carboxylic acids is 1. The van der Waals surface area contributed by atoms with Gasteiger partial charge in [-0.2, -0.15) is 0 Å². The Hall–Kier alpha value is -3.19. The Morgan fingerprint density at radius 2 is 1.70 bits per heavy atom. The molecule has 1 aromatic heterocycles. The van der Waals surface area contributed by atoms with Crippen LogP contribution in [0, 0.1) is 5.92 Å². The Labute approximate surface area is 195 Å². The van der Waals surface area contributed by atoms with Gasteiger partial charge in [-0.05, 0) is 29.9 Å². The molecule has 0 atom stereocenters. The minimum atomic E-state index is -3.66. The lowest BCUT2D eigenvalue weighted by atomic mass is 10.1. The molecule has 2 aromatic carbocycles. The average molecular weight is 464 g/mol. The van der Waals surface area contributed by atoms with E-state index >= 15 is 0 Å². The molecule has 0 unspecified atom stereocenters. The van der Waals surface area contributed by atoms with Gasteiger partial charge in [-0.25, -0.2) is 13.4 Å². The van der Waals surface area contributed by atoms with E-state index in [1.807, 2.05) is 53.4 Å². The van der Waals surface area contributed by atoms with E-state index in [1.54, 1.807) is 29.0 Å². The van der Waals surface area contributed by atoms with Gasteiger partial charge in [0.15, 0.2) is 0 Å². The number of carbonyl (C=O) groups is 1. The highest BCUT2D eigenvalue weighted by molar-refractivity contribution is 7.90. The van der Waals surface area contributed by atoms with Gasteiger partial charge in [0.05, 0.1) is 30.6 Å². The third-order valence-corrected chi connectivity index (χ3v) is 7.37. The van der Waals surface area contributed by atoms with Crippen molar-refractivity contribution in [2.45, 2.75) is 43.3 Å². The van der Waals surface area contributed by atoms with E-state index in [-0.39, 0.29) is 16.8 Å². The van der Waals surface area contributed by atoms with Gasteiger partial charge < -0.3 is 9.47 Å². The second kappa shape index (κ2) is 10.2. The molecular formula is C26H29N3O3S. The molecule has 1 fully saturated rings. The first-order valence-electron chi connectivity index (χ1n) is 11.2. The van der Waals surface area contributed by atoms with Gasteiger partial charge in [-0.1, -0.05) is 66.7 Å². The van der Waals surface area contributed by atoms with Gasteiger partial charge in [0, 0.05) is 13.1 Å². The number of amides is 1. The summed E-state index contributed by atoms with van der Waals surface area (Å²) in [5.41, 5.74) is 2.37. The van der Waals surface area contributed by atoms with Crippen molar-refractivity contribution in [2.75, 3.05) is 6.54 Å². The van der Waals surface area contributed by atoms with Crippen LogP contribution in [0.3, 0.4) is 0 Å². The Balaban J connectivity index is 1.58. The Morgan fingerprint density at radius 3 is 2.30 bits per heavy atom. The van der Waals surface area contributed by atoms with Crippen molar-refractivity contribution in [1.82, 2.24) is 14.5 Å². The SMILES string of the molecule is C=CCn1c(CN(CC2CC2)C(=O)Cc2ccccc2)cnc1S(=O)(=O)Cc1ccccc1. The van der Waals surface area contributed by atoms with Crippen LogP contribution in [0.25, 0.3) is 0 Å². The summed E-state index contributed by atoms with van der Waals surface area (Å²) >= 11 is 0. The lowest BCUT2D eigenvalue weighted by Gasteiger charge is -2.23. The number of sulfone groups is 1. The van der Waals surface area contributed by atoms with Crippen molar-refractivity contribution in [2.24, 2.45) is 5.92 Å². The van der Waals surface area contributed by atoms with Gasteiger partial charge in [0.25, 0.3) is 0 Å². The fraction of sp³-hybridized carbons (Fsp3) is 0.308. The molecule has 0 bridgehead atoms. The molecule has 4 rings (SSSR count). The molecule has 7 heteroatoms. The minimum Gasteiger partial charge on any atom is -0.336 e. The molecule has 0 spiro atoms. The van der Waals surface area contributed by atoms with E-state index in [9.17, 15) is 13.2 Å². The molecule has 1 heterocycles. The first-order chi connectivity index (χ1) is 16.0. The van der Waals surface area contributed by atoms with Gasteiger partial charge in [0.2, 0.25) is 20.9 Å². The molecule has 0 aliphatic heterocycles. The van der Waals surface area contributed by atoms with Crippen LogP contribution in [-0.2, 0) is 39.9 Å². The van der Waals surface area contributed by atoms with Crippen molar-refractivity contribution in [3.05, 3.63) is 96.3 Å². The Kier molecular flexibility index (Phi) is 7.08. The Morgan fingerprint density at radius 1 is 1.06 bits per heavy atom. The number of aromatic nitrogens is 2. The van der Waals surface area contributed by atoms with Gasteiger partial charge in [-0.15, -0.1) is 6.58 Å². The van der Waals surface area contributed by atoms with Crippen molar-refractivity contribution in [3.8, 4) is 0 Å². The smallest absolute Gasteiger partial charge is 0.228 e. The molecule has 0 radical (unpaired) electrons. The van der Waals surface area contributed by atoms with Crippen LogP contribution in [0.2, 0.25) is 0 Å². The highest BCUT2D eigenvalue weighted by Gasteiger charge is 2.29. The highest BCUT2D eigenvalue weighted by atomic mass is 32.2. The molecule has 1 saturated carbocycles. The monoisotopic (exact) mass is 463 g/mol. The zero-order valence-corrected chi connectivity index (χ0v) is 19.5. The van der Waals surface area contributed by atoms with Gasteiger partial charge in [0.1, 0.15) is 0 Å². The molecule has 33 heavy (non-hydrogen) atoms. The van der Waals surface area contributed by atoms with Crippen LogP contribution in [0.15, 0.2) is 84.7 Å². The molecule has 6 nitrogen and oxygen atoms in total. The van der Waals surface area contributed by atoms with Crippen molar-refractivity contribution < 1.29 is 13.2 Å². The third-order valence-electron chi connectivity index (χ3n) is 5.77. The maximum Gasteiger partial charge on any atom is 0.228 e. The zero-order chi connectivity index (χ0) is 23.3. The number of hydrogen-bond donors (Lipinski definition) is 0. The molecule has 1 amide bonds. The Bertz CT molecular complexity index is 1200. The minimum absolute atomic E-state index is 0.0168. The summed E-state index contributed by atoms with van der Waals surface area (Å²) in [7, 11) is -3.66. The summed E-state index contributed by atoms with van der Waals surface area (Å²) in [4.78, 5) is 19.3. The number of allylic oxidation sites excluding steroid dienone is 1. The van der Waals surface area contributed by atoms with Crippen LogP contribution in [-0.4, -0.2) is 35.3 Å². The molecule has 3 aromatic rings. The lowest BCUT2D eigenvalue weighted by Crippen LogP contribution is -2.34. The lowest BCUT2D eigenvalue weighted by molar-refractivity contribution is -0.131. The molecule has 172 valence electrons. The number of nitrogens with zero attached hydrogens (tertiary/aromatic N) is 3. The highest BCUT2D eigenvalue weighted by Crippen LogP contribution is 2.30. The number of imidazole rings is 1. The van der Waals surface area contributed by atoms with Gasteiger partial charge >= 0.3 is 0 Å². The number of hydrogen-bond acceptors (Lipinski definition) is 4. The molecular weight excluding hydrogens is 434 g/mol. The van der Waals surface area contributed by atoms with Crippen LogP contribution in [0.1, 0.15) is 29.7 Å². The zero-order valence-electron chi connectivity index (χ0n) is 18.6. The van der Waals surface area contributed by atoms with Crippen molar-refractivity contribution in [3.63, 3.8) is 0 Å². The summed E-state index contributed by atoms with van der Waals surface area (Å²) in [5.74, 6) is 0.426. The topological polar surface area (TPSA) is 72.3 Å². The van der Waals surface area contributed by atoms with Crippen LogP contribution < -0.4 is 0 Å². The van der Waals surface area contributed by atoms with Crippen molar-refractivity contribution >= 4 is 15.7 Å². The second-order valence-electron chi connectivity index (χ2n) is 8.56. The summed E-state index contributed by atoms with van der Waals surface area (Å²) in [5, 5.41) is 0.0168. The first kappa shape index (κ1) is 23.0. The normalized spacial score (nSPS) is 13.6. The summed E-state index contributed by atoms with van der Waals surface area (Å²) < 4.78 is 28.0. The summed E-state index contributed by atoms with van der Waals surface area (Å²) in [6.45, 7) is 5.10. The quantitative estimate of drug-likeness (QED) is 0.403. The molecule has 1 aliphatic rings. The van der Waals surface area contributed by atoms with E-state index in [2.05, 4.69) is 11.6 Å². The predicted octanol–water partition coefficient (Wildman–Crippen LogP) is 4.02. The van der Waals surface area contributed by atoms with E-state index < -0.39 is 9.84 Å². The summed E-state index contributed by atoms with van der Waals surface area (Å²) in [6, 6.07) is 18.8. The standard InChI is InChI=1S/C26H29N3O3S/c1-2-15-29-24(17-27-26(29)33(31,32)20-23-11-7-4-8-12-23)19-28(18-22-13-14-22)25(30)16-21-9-5-3-6-10-21/h2-12,17,22H,1,13-16,18-20H2. The average Bonchev–Trinajstić information content (AvgIpc) is 3.53. The summed E-state index contributed by atoms with van der Waals surface area (Å²) in [6.07, 6.45) is 5.80. The predicted molar refractivity (Wildman–Crippen MR) is 128 cm³/mol. The molecule has 0 N–H and O–H groups in total. The maximum atomic E-state index is 13.2. The molecule has 0 saturated heterocycles. The molecule has 1 aliphatic carbocycles. The van der Waals surface area contributed by atoms with Crippen molar-refractivity contribution in [1.29, 1.82) is 0 Å². The van der Waals surface area contributed by atoms with E-state index in [0.29, 0.717) is 43.2 Å². The fourth-order valence-electron chi connectivity index (χ4n) is 3.89. The largest absolute Gasteiger partial charge is 0.336 e. The van der Waals surface area contributed by atoms with Crippen LogP contribution in [0.5, 0.6) is 0 Å².